The van der Waals surface area contributed by atoms with Gasteiger partial charge >= 0.3 is 6.01 Å². The zero-order valence-electron chi connectivity index (χ0n) is 17.1. The number of carbonyl (C=O) groups excluding carboxylic acids is 1. The van der Waals surface area contributed by atoms with E-state index < -0.39 is 0 Å². The molecule has 0 aliphatic carbocycles. The molecule has 1 saturated heterocycles. The van der Waals surface area contributed by atoms with Crippen LogP contribution in [0.25, 0.3) is 0 Å². The van der Waals surface area contributed by atoms with Crippen molar-refractivity contribution in [1.82, 2.24) is 24.8 Å². The number of aryl methyl sites for hydroxylation is 1. The van der Waals surface area contributed by atoms with Gasteiger partial charge in [0.15, 0.2) is 0 Å². The Morgan fingerprint density at radius 2 is 1.83 bits per heavy atom. The summed E-state index contributed by atoms with van der Waals surface area (Å²) in [5, 5.41) is 0. The highest BCUT2D eigenvalue weighted by Crippen LogP contribution is 2.35. The number of rotatable bonds is 4. The molecule has 1 aromatic carbocycles. The number of amides is 1. The minimum absolute atomic E-state index is 0.0186. The summed E-state index contributed by atoms with van der Waals surface area (Å²) >= 11 is 0. The minimum atomic E-state index is -0.131. The quantitative estimate of drug-likeness (QED) is 0.712. The Hall–Kier alpha value is -3.55. The van der Waals surface area contributed by atoms with Crippen molar-refractivity contribution in [2.75, 3.05) is 18.8 Å². The van der Waals surface area contributed by atoms with Crippen LogP contribution in [-0.4, -0.2) is 43.8 Å². The lowest BCUT2D eigenvalue weighted by molar-refractivity contribution is 0.0673. The van der Waals surface area contributed by atoms with E-state index >= 15 is 0 Å². The summed E-state index contributed by atoms with van der Waals surface area (Å²) in [6.07, 6.45) is 4.83. The van der Waals surface area contributed by atoms with Crippen LogP contribution >= 0.6 is 0 Å². The Morgan fingerprint density at radius 1 is 1.10 bits per heavy atom. The first-order valence-electron chi connectivity index (χ1n) is 9.89. The average molecular weight is 404 g/mol. The van der Waals surface area contributed by atoms with Gasteiger partial charge in [0.25, 0.3) is 5.91 Å². The molecule has 0 bridgehead atoms. The molecule has 0 radical (unpaired) electrons. The van der Waals surface area contributed by atoms with Crippen molar-refractivity contribution in [3.8, 4) is 11.8 Å². The molecule has 4 rings (SSSR count). The predicted molar refractivity (Wildman–Crippen MR) is 112 cm³/mol. The molecule has 0 spiro atoms. The third-order valence-corrected chi connectivity index (χ3v) is 5.46. The number of nitrogens with two attached hydrogens (primary N) is 1. The Labute approximate surface area is 175 Å². The van der Waals surface area contributed by atoms with Crippen molar-refractivity contribution in [1.29, 1.82) is 0 Å². The van der Waals surface area contributed by atoms with Gasteiger partial charge in [-0.3, -0.25) is 4.79 Å². The van der Waals surface area contributed by atoms with Gasteiger partial charge < -0.3 is 15.4 Å². The van der Waals surface area contributed by atoms with Crippen LogP contribution in [0.4, 0.5) is 5.82 Å². The molecule has 1 aliphatic heterocycles. The third kappa shape index (κ3) is 4.22. The van der Waals surface area contributed by atoms with E-state index in [9.17, 15) is 4.79 Å². The highest BCUT2D eigenvalue weighted by Gasteiger charge is 2.35. The zero-order valence-corrected chi connectivity index (χ0v) is 17.1. The van der Waals surface area contributed by atoms with Crippen LogP contribution in [0.3, 0.4) is 0 Å². The summed E-state index contributed by atoms with van der Waals surface area (Å²) in [4.78, 5) is 31.8. The van der Waals surface area contributed by atoms with E-state index in [2.05, 4.69) is 26.9 Å². The molecule has 3 aromatic rings. The van der Waals surface area contributed by atoms with Crippen molar-refractivity contribution < 1.29 is 9.53 Å². The van der Waals surface area contributed by atoms with Gasteiger partial charge in [-0.25, -0.2) is 19.9 Å². The number of ether oxygens (including phenoxy) is 1. The highest BCUT2D eigenvalue weighted by molar-refractivity contribution is 5.94. The number of nitrogens with zero attached hydrogens (tertiary/aromatic N) is 5. The van der Waals surface area contributed by atoms with Crippen molar-refractivity contribution in [2.24, 2.45) is 0 Å². The number of piperidine rings is 1. The summed E-state index contributed by atoms with van der Waals surface area (Å²) in [6, 6.07) is 10.9. The number of aromatic nitrogens is 4. The monoisotopic (exact) mass is 404 g/mol. The Balaban J connectivity index is 1.45. The maximum atomic E-state index is 13.1. The van der Waals surface area contributed by atoms with Crippen LogP contribution in [-0.2, 0) is 5.41 Å². The molecule has 1 amide bonds. The molecule has 8 heteroatoms. The first-order chi connectivity index (χ1) is 14.4. The Kier molecular flexibility index (Phi) is 5.31. The van der Waals surface area contributed by atoms with Crippen LogP contribution in [0.5, 0.6) is 11.8 Å². The van der Waals surface area contributed by atoms with Crippen LogP contribution in [0.15, 0.2) is 48.8 Å². The lowest BCUT2D eigenvalue weighted by Gasteiger charge is -2.39. The highest BCUT2D eigenvalue weighted by atomic mass is 16.5. The lowest BCUT2D eigenvalue weighted by atomic mass is 9.77. The van der Waals surface area contributed by atoms with Gasteiger partial charge in [0.1, 0.15) is 17.4 Å². The standard InChI is InChI=1S/C22H24N6O2/c1-15-26-18(14-19(23)27-15)22(2)7-11-28(12-8-22)20(29)16-5-3-6-17(13-16)30-21-24-9-4-10-25-21/h3-6,9-10,13-14H,7-8,11-12H2,1-2H3,(H2,23,26,27). The van der Waals surface area contributed by atoms with E-state index in [1.54, 1.807) is 42.7 Å². The van der Waals surface area contributed by atoms with Crippen molar-refractivity contribution in [3.05, 3.63) is 65.9 Å². The van der Waals surface area contributed by atoms with Gasteiger partial charge in [-0.2, -0.15) is 0 Å². The fraction of sp³-hybridized carbons (Fsp3) is 0.318. The topological polar surface area (TPSA) is 107 Å². The van der Waals surface area contributed by atoms with E-state index in [1.165, 1.54) is 0 Å². The van der Waals surface area contributed by atoms with Gasteiger partial charge in [-0.1, -0.05) is 13.0 Å². The van der Waals surface area contributed by atoms with Crippen LogP contribution in [0.2, 0.25) is 0 Å². The fourth-order valence-electron chi connectivity index (χ4n) is 3.68. The van der Waals surface area contributed by atoms with Crippen LogP contribution in [0.1, 0.15) is 41.6 Å². The summed E-state index contributed by atoms with van der Waals surface area (Å²) in [7, 11) is 0. The number of carbonyl (C=O) groups is 1. The van der Waals surface area contributed by atoms with E-state index in [4.69, 9.17) is 10.5 Å². The molecule has 1 aliphatic rings. The predicted octanol–water partition coefficient (Wildman–Crippen LogP) is 3.14. The minimum Gasteiger partial charge on any atom is -0.424 e. The third-order valence-electron chi connectivity index (χ3n) is 5.46. The number of likely N-dealkylation sites (tertiary alicyclic amines) is 1. The lowest BCUT2D eigenvalue weighted by Crippen LogP contribution is -2.44. The number of anilines is 1. The molecule has 2 aromatic heterocycles. The van der Waals surface area contributed by atoms with Gasteiger partial charge in [0.2, 0.25) is 0 Å². The second-order valence-corrected chi connectivity index (χ2v) is 7.74. The maximum absolute atomic E-state index is 13.1. The number of hydrogen-bond acceptors (Lipinski definition) is 7. The molecule has 0 atom stereocenters. The van der Waals surface area contributed by atoms with E-state index in [-0.39, 0.29) is 17.3 Å². The van der Waals surface area contributed by atoms with Crippen LogP contribution < -0.4 is 10.5 Å². The number of hydrogen-bond donors (Lipinski definition) is 1. The molecule has 2 N–H and O–H groups in total. The first kappa shape index (κ1) is 19.8. The molecule has 8 nitrogen and oxygen atoms in total. The number of benzene rings is 1. The Bertz CT molecular complexity index is 1030. The largest absolute Gasteiger partial charge is 0.424 e. The van der Waals surface area contributed by atoms with E-state index in [1.807, 2.05) is 17.9 Å². The van der Waals surface area contributed by atoms with Crippen molar-refractivity contribution >= 4 is 11.7 Å². The maximum Gasteiger partial charge on any atom is 0.321 e. The molecule has 1 fully saturated rings. The number of nitrogen functional groups attached to an aromatic ring is 1. The van der Waals surface area contributed by atoms with Crippen molar-refractivity contribution in [3.63, 3.8) is 0 Å². The molecule has 0 saturated carbocycles. The molecule has 0 unspecified atom stereocenters. The van der Waals surface area contributed by atoms with Gasteiger partial charge in [0, 0.05) is 42.5 Å². The second kappa shape index (κ2) is 8.06. The smallest absolute Gasteiger partial charge is 0.321 e. The molecule has 3 heterocycles. The van der Waals surface area contributed by atoms with Gasteiger partial charge in [0.05, 0.1) is 5.69 Å². The molecule has 154 valence electrons. The van der Waals surface area contributed by atoms with Crippen LogP contribution in [0, 0.1) is 6.92 Å². The fourth-order valence-corrected chi connectivity index (χ4v) is 3.68. The summed E-state index contributed by atoms with van der Waals surface area (Å²) in [6.45, 7) is 5.30. The zero-order chi connectivity index (χ0) is 21.1. The van der Waals surface area contributed by atoms with E-state index in [0.717, 1.165) is 18.5 Å². The van der Waals surface area contributed by atoms with Gasteiger partial charge in [-0.05, 0) is 44.0 Å². The van der Waals surface area contributed by atoms with Gasteiger partial charge in [-0.15, -0.1) is 0 Å². The summed E-state index contributed by atoms with van der Waals surface area (Å²) in [5.74, 6) is 1.66. The molecule has 30 heavy (non-hydrogen) atoms. The SMILES string of the molecule is Cc1nc(N)cc(C2(C)CCN(C(=O)c3cccc(Oc4ncccn4)c3)CC2)n1. The van der Waals surface area contributed by atoms with E-state index in [0.29, 0.717) is 36.0 Å². The first-order valence-corrected chi connectivity index (χ1v) is 9.89. The molecular formula is C22H24N6O2. The molecular weight excluding hydrogens is 380 g/mol. The normalized spacial score (nSPS) is 15.6. The summed E-state index contributed by atoms with van der Waals surface area (Å²) < 4.78 is 5.65. The van der Waals surface area contributed by atoms with Crippen molar-refractivity contribution in [2.45, 2.75) is 32.1 Å². The average Bonchev–Trinajstić information content (AvgIpc) is 2.74. The Morgan fingerprint density at radius 3 is 2.53 bits per heavy atom. The summed E-state index contributed by atoms with van der Waals surface area (Å²) in [5.41, 5.74) is 7.30. The second-order valence-electron chi connectivity index (χ2n) is 7.74.